The van der Waals surface area contributed by atoms with Crippen LogP contribution in [0, 0.1) is 25.2 Å². The van der Waals surface area contributed by atoms with Gasteiger partial charge in [-0.05, 0) is 40.2 Å². The molecule has 0 amide bonds. The highest BCUT2D eigenvalue weighted by molar-refractivity contribution is 5.29. The Bertz CT molecular complexity index is 469. The zero-order valence-corrected chi connectivity index (χ0v) is 11.8. The average Bonchev–Trinajstić information content (AvgIpc) is 2.86. The van der Waals surface area contributed by atoms with Gasteiger partial charge in [-0.1, -0.05) is 0 Å². The Morgan fingerprint density at radius 2 is 2.22 bits per heavy atom. The van der Waals surface area contributed by atoms with Crippen molar-refractivity contribution in [1.29, 1.82) is 5.26 Å². The monoisotopic (exact) mass is 246 g/mol. The van der Waals surface area contributed by atoms with E-state index in [4.69, 9.17) is 5.26 Å². The van der Waals surface area contributed by atoms with Gasteiger partial charge in [0.15, 0.2) is 0 Å². The van der Waals surface area contributed by atoms with Crippen LogP contribution in [0.25, 0.3) is 0 Å². The van der Waals surface area contributed by atoms with Crippen molar-refractivity contribution in [3.63, 3.8) is 0 Å². The first-order valence-corrected chi connectivity index (χ1v) is 6.69. The molecule has 0 aromatic carbocycles. The van der Waals surface area contributed by atoms with Crippen LogP contribution in [0.4, 0.5) is 0 Å². The van der Waals surface area contributed by atoms with Gasteiger partial charge in [-0.25, -0.2) is 0 Å². The van der Waals surface area contributed by atoms with Crippen LogP contribution in [0.1, 0.15) is 49.2 Å². The molecule has 18 heavy (non-hydrogen) atoms. The molecule has 2 heterocycles. The quantitative estimate of drug-likeness (QED) is 0.823. The largest absolute Gasteiger partial charge is 0.292 e. The third kappa shape index (κ3) is 2.15. The summed E-state index contributed by atoms with van der Waals surface area (Å²) < 4.78 is 1.97. The van der Waals surface area contributed by atoms with Crippen LogP contribution in [-0.2, 0) is 7.05 Å². The van der Waals surface area contributed by atoms with Gasteiger partial charge in [0, 0.05) is 30.4 Å². The summed E-state index contributed by atoms with van der Waals surface area (Å²) >= 11 is 0. The average molecular weight is 246 g/mol. The Balaban J connectivity index is 2.29. The maximum Gasteiger partial charge on any atom is 0.0644 e. The van der Waals surface area contributed by atoms with Gasteiger partial charge in [-0.2, -0.15) is 10.4 Å². The highest BCUT2D eigenvalue weighted by atomic mass is 15.3. The van der Waals surface area contributed by atoms with Crippen molar-refractivity contribution < 1.29 is 0 Å². The Morgan fingerprint density at radius 1 is 1.50 bits per heavy atom. The normalized spacial score (nSPS) is 22.1. The lowest BCUT2D eigenvalue weighted by Gasteiger charge is -2.29. The van der Waals surface area contributed by atoms with E-state index in [-0.39, 0.29) is 0 Å². The van der Waals surface area contributed by atoms with Crippen molar-refractivity contribution in [2.24, 2.45) is 7.05 Å². The first-order valence-electron chi connectivity index (χ1n) is 6.69. The summed E-state index contributed by atoms with van der Waals surface area (Å²) in [5, 5.41) is 13.4. The molecule has 0 saturated carbocycles. The highest BCUT2D eigenvalue weighted by Crippen LogP contribution is 2.37. The number of aryl methyl sites for hydroxylation is 2. The Morgan fingerprint density at radius 3 is 2.78 bits per heavy atom. The van der Waals surface area contributed by atoms with E-state index in [0.717, 1.165) is 12.2 Å². The summed E-state index contributed by atoms with van der Waals surface area (Å²) in [5.74, 6) is 0. The van der Waals surface area contributed by atoms with Crippen LogP contribution in [0.2, 0.25) is 0 Å². The number of nitriles is 1. The summed E-state index contributed by atoms with van der Waals surface area (Å²) in [6.07, 6.45) is 3.01. The summed E-state index contributed by atoms with van der Waals surface area (Å²) in [6.45, 7) is 7.48. The lowest BCUT2D eigenvalue weighted by Crippen LogP contribution is -2.32. The first kappa shape index (κ1) is 13.1. The number of likely N-dealkylation sites (tertiary alicyclic amines) is 1. The topological polar surface area (TPSA) is 44.9 Å². The van der Waals surface area contributed by atoms with Crippen molar-refractivity contribution in [3.8, 4) is 6.07 Å². The van der Waals surface area contributed by atoms with Crippen LogP contribution in [0.5, 0.6) is 0 Å². The van der Waals surface area contributed by atoms with E-state index in [2.05, 4.69) is 36.8 Å². The predicted octanol–water partition coefficient (Wildman–Crippen LogP) is 2.48. The van der Waals surface area contributed by atoms with Gasteiger partial charge >= 0.3 is 0 Å². The fraction of sp³-hybridized carbons (Fsp3) is 0.714. The van der Waals surface area contributed by atoms with Crippen LogP contribution in [-0.4, -0.2) is 27.3 Å². The van der Waals surface area contributed by atoms with Crippen LogP contribution in [0.15, 0.2) is 0 Å². The molecule has 0 bridgehead atoms. The number of nitrogens with zero attached hydrogens (tertiary/aromatic N) is 4. The molecule has 1 saturated heterocycles. The van der Waals surface area contributed by atoms with Crippen molar-refractivity contribution in [3.05, 3.63) is 17.0 Å². The number of hydrogen-bond acceptors (Lipinski definition) is 3. The molecule has 0 aliphatic carbocycles. The molecule has 0 radical (unpaired) electrons. The molecule has 1 aromatic rings. The van der Waals surface area contributed by atoms with Crippen molar-refractivity contribution in [2.75, 3.05) is 6.54 Å². The van der Waals surface area contributed by atoms with E-state index in [0.29, 0.717) is 18.5 Å². The maximum absolute atomic E-state index is 8.87. The zero-order chi connectivity index (χ0) is 13.3. The van der Waals surface area contributed by atoms with Crippen LogP contribution >= 0.6 is 0 Å². The summed E-state index contributed by atoms with van der Waals surface area (Å²) in [5.41, 5.74) is 3.77. The number of aromatic nitrogens is 2. The first-order chi connectivity index (χ1) is 8.56. The number of rotatable bonds is 3. The minimum absolute atomic E-state index is 0.335. The third-order valence-corrected chi connectivity index (χ3v) is 4.15. The molecule has 1 aromatic heterocycles. The minimum Gasteiger partial charge on any atom is -0.292 e. The highest BCUT2D eigenvalue weighted by Gasteiger charge is 2.32. The van der Waals surface area contributed by atoms with Gasteiger partial charge in [0.25, 0.3) is 0 Å². The van der Waals surface area contributed by atoms with Crippen molar-refractivity contribution >= 4 is 0 Å². The summed E-state index contributed by atoms with van der Waals surface area (Å²) in [6, 6.07) is 3.07. The van der Waals surface area contributed by atoms with Gasteiger partial charge in [-0.15, -0.1) is 0 Å². The van der Waals surface area contributed by atoms with E-state index in [1.807, 2.05) is 11.7 Å². The lowest BCUT2D eigenvalue weighted by atomic mass is 10.0. The second-order valence-corrected chi connectivity index (χ2v) is 5.32. The molecular weight excluding hydrogens is 224 g/mol. The smallest absolute Gasteiger partial charge is 0.0644 e. The molecule has 4 nitrogen and oxygen atoms in total. The second-order valence-electron chi connectivity index (χ2n) is 5.32. The molecule has 2 rings (SSSR count). The maximum atomic E-state index is 8.87. The predicted molar refractivity (Wildman–Crippen MR) is 71.1 cm³/mol. The fourth-order valence-corrected chi connectivity index (χ4v) is 3.15. The van der Waals surface area contributed by atoms with Gasteiger partial charge < -0.3 is 0 Å². The fourth-order valence-electron chi connectivity index (χ4n) is 3.15. The molecule has 98 valence electrons. The standard InChI is InChI=1S/C14H22N4/c1-10(7-8-15)18-9-5-6-13(18)14-11(2)16-17(4)12(14)3/h10,13H,5-7,9H2,1-4H3/t10-,13-/m1/s1. The van der Waals surface area contributed by atoms with E-state index in [1.54, 1.807) is 0 Å². The van der Waals surface area contributed by atoms with Crippen LogP contribution < -0.4 is 0 Å². The molecule has 0 spiro atoms. The van der Waals surface area contributed by atoms with Gasteiger partial charge in [-0.3, -0.25) is 9.58 Å². The summed E-state index contributed by atoms with van der Waals surface area (Å²) in [4.78, 5) is 2.47. The third-order valence-electron chi connectivity index (χ3n) is 4.15. The Labute approximate surface area is 109 Å². The summed E-state index contributed by atoms with van der Waals surface area (Å²) in [7, 11) is 2.00. The minimum atomic E-state index is 0.335. The van der Waals surface area contributed by atoms with E-state index >= 15 is 0 Å². The van der Waals surface area contributed by atoms with E-state index in [1.165, 1.54) is 24.1 Å². The lowest BCUT2D eigenvalue weighted by molar-refractivity contribution is 0.194. The van der Waals surface area contributed by atoms with Crippen molar-refractivity contribution in [1.82, 2.24) is 14.7 Å². The SMILES string of the molecule is Cc1nn(C)c(C)c1[C@H]1CCCN1[C@H](C)CC#N. The zero-order valence-electron chi connectivity index (χ0n) is 11.8. The van der Waals surface area contributed by atoms with E-state index < -0.39 is 0 Å². The molecule has 1 aliphatic rings. The van der Waals surface area contributed by atoms with Gasteiger partial charge in [0.05, 0.1) is 18.2 Å². The molecule has 1 aliphatic heterocycles. The Hall–Kier alpha value is -1.34. The van der Waals surface area contributed by atoms with Crippen molar-refractivity contribution in [2.45, 2.75) is 52.1 Å². The second kappa shape index (κ2) is 5.11. The van der Waals surface area contributed by atoms with Gasteiger partial charge in [0.2, 0.25) is 0 Å². The molecule has 4 heteroatoms. The molecule has 1 fully saturated rings. The molecule has 0 unspecified atom stereocenters. The van der Waals surface area contributed by atoms with Crippen LogP contribution in [0.3, 0.4) is 0 Å². The molecular formula is C14H22N4. The molecule has 0 N–H and O–H groups in total. The van der Waals surface area contributed by atoms with Gasteiger partial charge in [0.1, 0.15) is 0 Å². The van der Waals surface area contributed by atoms with E-state index in [9.17, 15) is 0 Å². The number of hydrogen-bond donors (Lipinski definition) is 0. The Kier molecular flexibility index (Phi) is 3.72. The molecule has 2 atom stereocenters.